The highest BCUT2D eigenvalue weighted by molar-refractivity contribution is 7.99. The van der Waals surface area contributed by atoms with Crippen molar-refractivity contribution in [3.05, 3.63) is 6.07 Å². The molecule has 0 spiro atoms. The van der Waals surface area contributed by atoms with Crippen LogP contribution in [0.25, 0.3) is 0 Å². The van der Waals surface area contributed by atoms with Crippen molar-refractivity contribution in [3.63, 3.8) is 0 Å². The van der Waals surface area contributed by atoms with E-state index in [1.54, 1.807) is 24.8 Å². The Labute approximate surface area is 118 Å². The Balaban J connectivity index is 2.44. The van der Waals surface area contributed by atoms with Crippen molar-refractivity contribution in [2.75, 3.05) is 5.75 Å². The lowest BCUT2D eigenvalue weighted by Gasteiger charge is -2.06. The largest absolute Gasteiger partial charge is 0.494 e. The molecule has 0 fully saturated rings. The first-order valence-corrected chi connectivity index (χ1v) is 7.78. The number of aromatic hydroxyl groups is 2. The molecule has 0 saturated carbocycles. The van der Waals surface area contributed by atoms with Crippen LogP contribution in [0.5, 0.6) is 11.8 Å². The van der Waals surface area contributed by atoms with Crippen molar-refractivity contribution < 1.29 is 15.0 Å². The van der Waals surface area contributed by atoms with Crippen molar-refractivity contribution in [1.29, 1.82) is 0 Å². The first kappa shape index (κ1) is 16.0. The van der Waals surface area contributed by atoms with Crippen LogP contribution in [0.4, 0.5) is 0 Å². The highest BCUT2D eigenvalue weighted by Gasteiger charge is 2.13. The molecule has 0 aliphatic carbocycles. The third-order valence-corrected chi connectivity index (χ3v) is 4.11. The third-order valence-electron chi connectivity index (χ3n) is 2.89. The summed E-state index contributed by atoms with van der Waals surface area (Å²) in [6.07, 6.45) is 4.28. The Morgan fingerprint density at radius 1 is 1.32 bits per heavy atom. The number of ketones is 1. The van der Waals surface area contributed by atoms with Crippen LogP contribution >= 0.6 is 11.8 Å². The molecular formula is C14H23NO3S. The summed E-state index contributed by atoms with van der Waals surface area (Å²) in [6.45, 7) is 4.26. The maximum Gasteiger partial charge on any atom is 0.208 e. The molecule has 0 amide bonds. The number of carbonyl (C=O) groups is 1. The van der Waals surface area contributed by atoms with Crippen LogP contribution in [-0.2, 0) is 11.3 Å². The Bertz CT molecular complexity index is 415. The minimum Gasteiger partial charge on any atom is -0.494 e. The molecule has 2 N–H and O–H groups in total. The predicted molar refractivity (Wildman–Crippen MR) is 77.9 cm³/mol. The fraction of sp³-hybridized carbons (Fsp3) is 0.643. The van der Waals surface area contributed by atoms with Crippen LogP contribution in [-0.4, -0.2) is 26.3 Å². The molecule has 4 nitrogen and oxygen atoms in total. The van der Waals surface area contributed by atoms with E-state index in [0.29, 0.717) is 13.0 Å². The number of Topliss-reactive ketones (excluding diaryl/α,β-unsaturated/α-hetero) is 1. The van der Waals surface area contributed by atoms with E-state index in [4.69, 9.17) is 0 Å². The molecule has 0 atom stereocenters. The van der Waals surface area contributed by atoms with Crippen LogP contribution in [0, 0.1) is 0 Å². The number of nitrogens with zero attached hydrogens (tertiary/aromatic N) is 1. The highest BCUT2D eigenvalue weighted by Crippen LogP contribution is 2.35. The molecule has 0 saturated heterocycles. The van der Waals surface area contributed by atoms with E-state index >= 15 is 0 Å². The third kappa shape index (κ3) is 5.19. The molecule has 0 bridgehead atoms. The zero-order valence-corrected chi connectivity index (χ0v) is 12.5. The van der Waals surface area contributed by atoms with Gasteiger partial charge in [0.05, 0.1) is 4.90 Å². The van der Waals surface area contributed by atoms with Crippen LogP contribution in [0.15, 0.2) is 11.0 Å². The van der Waals surface area contributed by atoms with E-state index in [-0.39, 0.29) is 17.5 Å². The van der Waals surface area contributed by atoms with E-state index in [9.17, 15) is 15.0 Å². The normalized spacial score (nSPS) is 10.8. The van der Waals surface area contributed by atoms with Crippen LogP contribution in [0.2, 0.25) is 0 Å². The van der Waals surface area contributed by atoms with Crippen molar-refractivity contribution in [2.45, 2.75) is 57.4 Å². The number of unbranched alkanes of at least 4 members (excludes halogenated alkanes) is 2. The van der Waals surface area contributed by atoms with Crippen molar-refractivity contribution in [2.24, 2.45) is 0 Å². The number of hydrogen-bond acceptors (Lipinski definition) is 4. The molecular weight excluding hydrogens is 262 g/mol. The van der Waals surface area contributed by atoms with Crippen molar-refractivity contribution >= 4 is 17.5 Å². The van der Waals surface area contributed by atoms with Crippen LogP contribution in [0.3, 0.4) is 0 Å². The second kappa shape index (κ2) is 8.15. The first-order chi connectivity index (χ1) is 9.06. The second-order valence-corrected chi connectivity index (χ2v) is 5.84. The molecule has 5 heteroatoms. The Morgan fingerprint density at radius 2 is 2.05 bits per heavy atom. The fourth-order valence-corrected chi connectivity index (χ4v) is 2.71. The number of thioether (sulfide) groups is 1. The van der Waals surface area contributed by atoms with E-state index in [1.807, 2.05) is 0 Å². The van der Waals surface area contributed by atoms with Gasteiger partial charge in [-0.2, -0.15) is 0 Å². The predicted octanol–water partition coefficient (Wildman–Crippen LogP) is 3.55. The summed E-state index contributed by atoms with van der Waals surface area (Å²) < 4.78 is 1.53. The van der Waals surface area contributed by atoms with Gasteiger partial charge in [-0.05, 0) is 31.9 Å². The van der Waals surface area contributed by atoms with E-state index in [0.717, 1.165) is 36.3 Å². The number of carbonyl (C=O) groups excluding carboxylic acids is 1. The van der Waals surface area contributed by atoms with Gasteiger partial charge in [0, 0.05) is 19.0 Å². The zero-order chi connectivity index (χ0) is 14.3. The average molecular weight is 285 g/mol. The van der Waals surface area contributed by atoms with Crippen molar-refractivity contribution in [1.82, 2.24) is 4.57 Å². The molecule has 0 aromatic carbocycles. The smallest absolute Gasteiger partial charge is 0.208 e. The number of rotatable bonds is 9. The minimum atomic E-state index is 0.114. The summed E-state index contributed by atoms with van der Waals surface area (Å²) in [5.74, 6) is 1.41. The Kier molecular flexibility index (Phi) is 6.84. The second-order valence-electron chi connectivity index (χ2n) is 4.70. The van der Waals surface area contributed by atoms with E-state index in [2.05, 4.69) is 6.92 Å². The molecule has 1 aromatic heterocycles. The molecule has 19 heavy (non-hydrogen) atoms. The lowest BCUT2D eigenvalue weighted by Crippen LogP contribution is -1.97. The van der Waals surface area contributed by atoms with Gasteiger partial charge in [-0.1, -0.05) is 13.3 Å². The molecule has 1 aromatic rings. The van der Waals surface area contributed by atoms with Gasteiger partial charge in [0.1, 0.15) is 5.78 Å². The monoisotopic (exact) mass is 285 g/mol. The SMILES string of the molecule is CCCSc1cc(O)n(CCCCCC(C)=O)c1O. The van der Waals surface area contributed by atoms with E-state index in [1.165, 1.54) is 4.57 Å². The molecule has 0 aliphatic rings. The van der Waals surface area contributed by atoms with Gasteiger partial charge in [0.15, 0.2) is 5.88 Å². The van der Waals surface area contributed by atoms with Crippen LogP contribution < -0.4 is 0 Å². The summed E-state index contributed by atoms with van der Waals surface area (Å²) >= 11 is 1.55. The molecule has 0 aliphatic heterocycles. The summed E-state index contributed by atoms with van der Waals surface area (Å²) in [4.78, 5) is 11.5. The standard InChI is InChI=1S/C14H23NO3S/c1-3-9-19-12-10-13(17)15(14(12)18)8-6-4-5-7-11(2)16/h10,17-18H,3-9H2,1-2H3. The molecule has 108 valence electrons. The van der Waals surface area contributed by atoms with Crippen LogP contribution in [0.1, 0.15) is 46.0 Å². The zero-order valence-electron chi connectivity index (χ0n) is 11.7. The van der Waals surface area contributed by atoms with Gasteiger partial charge in [0.25, 0.3) is 0 Å². The molecule has 1 rings (SSSR count). The van der Waals surface area contributed by atoms with E-state index < -0.39 is 0 Å². The topological polar surface area (TPSA) is 62.5 Å². The first-order valence-electron chi connectivity index (χ1n) is 6.80. The lowest BCUT2D eigenvalue weighted by molar-refractivity contribution is -0.117. The fourth-order valence-electron chi connectivity index (χ4n) is 1.86. The van der Waals surface area contributed by atoms with Gasteiger partial charge >= 0.3 is 0 Å². The van der Waals surface area contributed by atoms with Gasteiger partial charge in [0.2, 0.25) is 5.88 Å². The van der Waals surface area contributed by atoms with Crippen molar-refractivity contribution in [3.8, 4) is 11.8 Å². The van der Waals surface area contributed by atoms with Gasteiger partial charge in [-0.3, -0.25) is 4.57 Å². The molecule has 1 heterocycles. The number of aromatic nitrogens is 1. The quantitative estimate of drug-likeness (QED) is 0.538. The average Bonchev–Trinajstić information content (AvgIpc) is 2.62. The lowest BCUT2D eigenvalue weighted by atomic mass is 10.1. The van der Waals surface area contributed by atoms with Gasteiger partial charge < -0.3 is 15.0 Å². The molecule has 0 unspecified atom stereocenters. The summed E-state index contributed by atoms with van der Waals surface area (Å²) in [6, 6.07) is 1.62. The van der Waals surface area contributed by atoms with Gasteiger partial charge in [-0.25, -0.2) is 0 Å². The maximum absolute atomic E-state index is 10.8. The minimum absolute atomic E-state index is 0.114. The Hall–Kier alpha value is -1.10. The summed E-state index contributed by atoms with van der Waals surface area (Å²) in [5.41, 5.74) is 0. The Morgan fingerprint density at radius 3 is 2.68 bits per heavy atom. The highest BCUT2D eigenvalue weighted by atomic mass is 32.2. The maximum atomic E-state index is 10.8. The van der Waals surface area contributed by atoms with Gasteiger partial charge in [-0.15, -0.1) is 11.8 Å². The summed E-state index contributed by atoms with van der Waals surface area (Å²) in [5, 5.41) is 19.8. The summed E-state index contributed by atoms with van der Waals surface area (Å²) in [7, 11) is 0. The number of hydrogen-bond donors (Lipinski definition) is 2. The molecule has 0 radical (unpaired) electrons.